The first-order valence-corrected chi connectivity index (χ1v) is 12.0. The van der Waals surface area contributed by atoms with E-state index in [0.717, 1.165) is 15.8 Å². The van der Waals surface area contributed by atoms with Crippen LogP contribution in [0.15, 0.2) is 30.5 Å². The molecule has 0 bridgehead atoms. The van der Waals surface area contributed by atoms with Crippen LogP contribution in [-0.2, 0) is 25.6 Å². The third-order valence-corrected chi connectivity index (χ3v) is 6.49. The Kier molecular flexibility index (Phi) is 8.86. The van der Waals surface area contributed by atoms with Crippen LogP contribution < -0.4 is 22.1 Å². The molecular weight excluding hydrogens is 484 g/mol. The number of para-hydroxylation sites is 1. The highest BCUT2D eigenvalue weighted by Gasteiger charge is 2.42. The van der Waals surface area contributed by atoms with Crippen molar-refractivity contribution in [1.29, 1.82) is 0 Å². The van der Waals surface area contributed by atoms with E-state index in [0.29, 0.717) is 5.56 Å². The summed E-state index contributed by atoms with van der Waals surface area (Å²) in [5.41, 5.74) is 12.6. The lowest BCUT2D eigenvalue weighted by atomic mass is 10.0. The summed E-state index contributed by atoms with van der Waals surface area (Å²) >= 11 is 0. The topological polar surface area (TPSA) is 224 Å². The number of primary amides is 1. The van der Waals surface area contributed by atoms with Crippen molar-refractivity contribution >= 4 is 34.5 Å². The van der Waals surface area contributed by atoms with Gasteiger partial charge in [0.15, 0.2) is 0 Å². The molecule has 1 fully saturated rings. The van der Waals surface area contributed by atoms with Crippen molar-refractivity contribution in [1.82, 2.24) is 20.5 Å². The minimum Gasteiger partial charge on any atom is -0.391 e. The normalized spacial score (nSPS) is 21.6. The maximum Gasteiger partial charge on any atom is 0.243 e. The third-order valence-electron chi connectivity index (χ3n) is 6.49. The molecule has 0 aliphatic carbocycles. The van der Waals surface area contributed by atoms with Crippen LogP contribution in [-0.4, -0.2) is 97.9 Å². The Balaban J connectivity index is 1.87. The molecule has 3 rings (SSSR count). The molecule has 2 aromatic rings. The van der Waals surface area contributed by atoms with Crippen molar-refractivity contribution in [2.75, 3.05) is 6.54 Å². The van der Waals surface area contributed by atoms with Crippen molar-refractivity contribution in [3.8, 4) is 0 Å². The molecule has 1 aliphatic heterocycles. The standard InChI is InChI=1S/C24H34N6O7/c1-11(31)19(25)24(37)30-10-14(33)8-18(30)23(36)28-17(22(35)29-20(12(2)32)21(26)34)7-13-9-27-16-6-4-3-5-15(13)16/h3-6,9,11-12,14,17-20,27,31-33H,7-8,10,25H2,1-2H3,(H2,26,34)(H,28,36)(H,29,35)/t11-,12-,14-,17+,18+,19+,20+/m1/s1. The Hall–Kier alpha value is -3.52. The quantitative estimate of drug-likeness (QED) is 0.164. The SMILES string of the molecule is C[C@@H](O)[C@H](N)C(=O)N1C[C@H](O)C[C@H]1C(=O)N[C@@H](Cc1c[nH]c2ccccc12)C(=O)N[C@H](C(N)=O)[C@@H](C)O. The predicted molar refractivity (Wildman–Crippen MR) is 133 cm³/mol. The number of nitrogens with two attached hydrogens (primary N) is 2. The molecule has 1 aromatic heterocycles. The van der Waals surface area contributed by atoms with E-state index in [-0.39, 0.29) is 19.4 Å². The van der Waals surface area contributed by atoms with Gasteiger partial charge in [0, 0.05) is 36.5 Å². The summed E-state index contributed by atoms with van der Waals surface area (Å²) in [4.78, 5) is 55.2. The number of nitrogens with one attached hydrogen (secondary N) is 3. The molecule has 1 aromatic carbocycles. The van der Waals surface area contributed by atoms with Crippen molar-refractivity contribution in [2.24, 2.45) is 11.5 Å². The summed E-state index contributed by atoms with van der Waals surface area (Å²) in [7, 11) is 0. The number of β-amino-alcohol motifs (C(OH)–C–C–N with tert-alkyl or cyclic N) is 1. The Morgan fingerprint density at radius 3 is 2.43 bits per heavy atom. The number of rotatable bonds is 10. The molecule has 13 heteroatoms. The summed E-state index contributed by atoms with van der Waals surface area (Å²) in [6, 6.07) is 2.27. The third kappa shape index (κ3) is 6.43. The van der Waals surface area contributed by atoms with E-state index in [9.17, 15) is 34.5 Å². The zero-order chi connectivity index (χ0) is 27.4. The zero-order valence-electron chi connectivity index (χ0n) is 20.6. The molecule has 4 amide bonds. The fourth-order valence-electron chi connectivity index (χ4n) is 4.38. The number of aliphatic hydroxyl groups excluding tert-OH is 3. The number of fused-ring (bicyclic) bond motifs is 1. The van der Waals surface area contributed by atoms with Gasteiger partial charge >= 0.3 is 0 Å². The highest BCUT2D eigenvalue weighted by atomic mass is 16.3. The number of H-pyrrole nitrogens is 1. The highest BCUT2D eigenvalue weighted by Crippen LogP contribution is 2.22. The van der Waals surface area contributed by atoms with Gasteiger partial charge in [-0.05, 0) is 25.5 Å². The van der Waals surface area contributed by atoms with E-state index in [1.807, 2.05) is 24.3 Å². The summed E-state index contributed by atoms with van der Waals surface area (Å²) in [5, 5.41) is 35.5. The Morgan fingerprint density at radius 1 is 1.14 bits per heavy atom. The molecular formula is C24H34N6O7. The van der Waals surface area contributed by atoms with Crippen molar-refractivity contribution in [3.05, 3.63) is 36.0 Å². The van der Waals surface area contributed by atoms with Crippen LogP contribution in [0.3, 0.4) is 0 Å². The Labute approximate surface area is 213 Å². The number of likely N-dealkylation sites (tertiary alicyclic amines) is 1. The van der Waals surface area contributed by atoms with Gasteiger partial charge in [-0.2, -0.15) is 0 Å². The summed E-state index contributed by atoms with van der Waals surface area (Å²) < 4.78 is 0. The molecule has 1 saturated heterocycles. The Morgan fingerprint density at radius 2 is 1.81 bits per heavy atom. The fraction of sp³-hybridized carbons (Fsp3) is 0.500. The van der Waals surface area contributed by atoms with Crippen LogP contribution in [0, 0.1) is 0 Å². The largest absolute Gasteiger partial charge is 0.391 e. The van der Waals surface area contributed by atoms with Gasteiger partial charge in [-0.3, -0.25) is 19.2 Å². The molecule has 1 aliphatic rings. The first-order chi connectivity index (χ1) is 17.4. The predicted octanol–water partition coefficient (Wildman–Crippen LogP) is -2.78. The zero-order valence-corrected chi connectivity index (χ0v) is 20.6. The first kappa shape index (κ1) is 28.1. The van der Waals surface area contributed by atoms with Crippen LogP contribution in [0.1, 0.15) is 25.8 Å². The minimum atomic E-state index is -1.40. The van der Waals surface area contributed by atoms with Crippen molar-refractivity contribution in [2.45, 2.75) is 69.2 Å². The van der Waals surface area contributed by atoms with Gasteiger partial charge in [0.2, 0.25) is 23.6 Å². The number of amides is 4. The van der Waals surface area contributed by atoms with Gasteiger partial charge < -0.3 is 47.3 Å². The summed E-state index contributed by atoms with van der Waals surface area (Å²) in [6.07, 6.45) is -1.87. The lowest BCUT2D eigenvalue weighted by Gasteiger charge is -2.29. The number of hydrogen-bond donors (Lipinski definition) is 8. The number of benzene rings is 1. The molecule has 0 radical (unpaired) electrons. The van der Waals surface area contributed by atoms with Gasteiger partial charge in [0.05, 0.1) is 18.3 Å². The number of hydrogen-bond acceptors (Lipinski definition) is 8. The molecule has 202 valence electrons. The number of carbonyl (C=O) groups excluding carboxylic acids is 4. The van der Waals surface area contributed by atoms with E-state index in [2.05, 4.69) is 15.6 Å². The van der Waals surface area contributed by atoms with E-state index >= 15 is 0 Å². The molecule has 2 heterocycles. The minimum absolute atomic E-state index is 0.00326. The van der Waals surface area contributed by atoms with Gasteiger partial charge in [-0.1, -0.05) is 18.2 Å². The molecule has 0 unspecified atom stereocenters. The van der Waals surface area contributed by atoms with Crippen molar-refractivity contribution in [3.63, 3.8) is 0 Å². The Bertz CT molecular complexity index is 1150. The van der Waals surface area contributed by atoms with Gasteiger partial charge in [-0.25, -0.2) is 0 Å². The smallest absolute Gasteiger partial charge is 0.243 e. The van der Waals surface area contributed by atoms with E-state index in [4.69, 9.17) is 11.5 Å². The number of aromatic amines is 1. The maximum absolute atomic E-state index is 13.3. The summed E-state index contributed by atoms with van der Waals surface area (Å²) in [6.45, 7) is 2.46. The molecule has 7 atom stereocenters. The molecule has 10 N–H and O–H groups in total. The lowest BCUT2D eigenvalue weighted by Crippen LogP contribution is -2.59. The molecule has 13 nitrogen and oxygen atoms in total. The number of carbonyl (C=O) groups is 4. The van der Waals surface area contributed by atoms with Gasteiger partial charge in [-0.15, -0.1) is 0 Å². The lowest BCUT2D eigenvalue weighted by molar-refractivity contribution is -0.142. The van der Waals surface area contributed by atoms with Gasteiger partial charge in [0.1, 0.15) is 24.2 Å². The number of aromatic nitrogens is 1. The van der Waals surface area contributed by atoms with Crippen LogP contribution in [0.4, 0.5) is 0 Å². The fourth-order valence-corrected chi connectivity index (χ4v) is 4.38. The van der Waals surface area contributed by atoms with Crippen LogP contribution >= 0.6 is 0 Å². The highest BCUT2D eigenvalue weighted by molar-refractivity contribution is 5.95. The van der Waals surface area contributed by atoms with E-state index in [1.54, 1.807) is 6.20 Å². The maximum atomic E-state index is 13.3. The second-order valence-corrected chi connectivity index (χ2v) is 9.42. The van der Waals surface area contributed by atoms with E-state index < -0.39 is 66.1 Å². The second kappa shape index (κ2) is 11.7. The molecule has 37 heavy (non-hydrogen) atoms. The number of nitrogens with zero attached hydrogens (tertiary/aromatic N) is 1. The van der Waals surface area contributed by atoms with Gasteiger partial charge in [0.25, 0.3) is 0 Å². The molecule has 0 spiro atoms. The van der Waals surface area contributed by atoms with Crippen LogP contribution in [0.25, 0.3) is 10.9 Å². The summed E-state index contributed by atoms with van der Waals surface area (Å²) in [5.74, 6) is -3.17. The average Bonchev–Trinajstić information content (AvgIpc) is 3.43. The first-order valence-electron chi connectivity index (χ1n) is 12.0. The monoisotopic (exact) mass is 518 g/mol. The number of aliphatic hydroxyl groups is 3. The second-order valence-electron chi connectivity index (χ2n) is 9.42. The van der Waals surface area contributed by atoms with E-state index in [1.165, 1.54) is 13.8 Å². The average molecular weight is 519 g/mol. The van der Waals surface area contributed by atoms with Crippen LogP contribution in [0.5, 0.6) is 0 Å². The molecule has 0 saturated carbocycles. The van der Waals surface area contributed by atoms with Crippen molar-refractivity contribution < 1.29 is 34.5 Å². The van der Waals surface area contributed by atoms with Crippen LogP contribution in [0.2, 0.25) is 0 Å².